The number of imidazole rings is 1. The van der Waals surface area contributed by atoms with Crippen LogP contribution in [-0.4, -0.2) is 29.2 Å². The summed E-state index contributed by atoms with van der Waals surface area (Å²) in [6, 6.07) is 2.76. The van der Waals surface area contributed by atoms with Crippen molar-refractivity contribution in [3.05, 3.63) is 59.6 Å². The predicted molar refractivity (Wildman–Crippen MR) is 86.2 cm³/mol. The number of hydrogen-bond donors (Lipinski definition) is 0. The maximum absolute atomic E-state index is 13.1. The van der Waals surface area contributed by atoms with E-state index in [4.69, 9.17) is 0 Å². The van der Waals surface area contributed by atoms with Crippen LogP contribution >= 0.6 is 0 Å². The Balaban J connectivity index is 2.03. The highest BCUT2D eigenvalue weighted by Crippen LogP contribution is 2.34. The molecule has 2 heterocycles. The van der Waals surface area contributed by atoms with Gasteiger partial charge in [0.05, 0.1) is 10.9 Å². The Morgan fingerprint density at radius 2 is 2.08 bits per heavy atom. The van der Waals surface area contributed by atoms with Gasteiger partial charge in [0, 0.05) is 30.4 Å². The average molecular weight is 369 g/mol. The van der Waals surface area contributed by atoms with Crippen LogP contribution in [0.2, 0.25) is 0 Å². The first kappa shape index (κ1) is 17.4. The zero-order chi connectivity index (χ0) is 18.2. The normalized spacial score (nSPS) is 18.2. The molecule has 2 aromatic rings. The molecule has 0 amide bonds. The topological polar surface area (TPSA) is 64.8 Å². The molecule has 1 unspecified atom stereocenters. The number of allylic oxidation sites excluding steroid dienone is 3. The fourth-order valence-electron chi connectivity index (χ4n) is 2.56. The first-order valence-electron chi connectivity index (χ1n) is 7.31. The molecule has 132 valence electrons. The summed E-state index contributed by atoms with van der Waals surface area (Å²) in [5.74, 6) is 0.131. The van der Waals surface area contributed by atoms with Gasteiger partial charge in [-0.2, -0.15) is 13.2 Å². The minimum atomic E-state index is -4.58. The van der Waals surface area contributed by atoms with Crippen LogP contribution in [0.4, 0.5) is 13.2 Å². The molecule has 0 saturated carbocycles. The standard InChI is InChI=1S/C16H14F3N3O2S/c1-25(23,24)13-6-4-12(5-7-13)22-10-14(16(17,18)19)21-15(22)11-3-2-8-20-9-11/h2-4,6-10,12H,5H2,1H3. The van der Waals surface area contributed by atoms with Crippen LogP contribution in [0.3, 0.4) is 0 Å². The highest BCUT2D eigenvalue weighted by Gasteiger charge is 2.35. The molecule has 1 aliphatic rings. The Kier molecular flexibility index (Phi) is 4.28. The summed E-state index contributed by atoms with van der Waals surface area (Å²) in [6.07, 6.45) is 5.13. The van der Waals surface area contributed by atoms with Crippen molar-refractivity contribution in [2.45, 2.75) is 18.6 Å². The number of aromatic nitrogens is 3. The first-order valence-corrected chi connectivity index (χ1v) is 9.20. The summed E-state index contributed by atoms with van der Waals surface area (Å²) >= 11 is 0. The minimum absolute atomic E-state index is 0.131. The monoisotopic (exact) mass is 369 g/mol. The first-order chi connectivity index (χ1) is 11.7. The molecular formula is C16H14F3N3O2S. The molecule has 0 aliphatic heterocycles. The largest absolute Gasteiger partial charge is 0.434 e. The SMILES string of the molecule is CS(=O)(=O)C1=CCC(n2cc(C(F)(F)F)nc2-c2cccnc2)C=C1. The number of alkyl halides is 3. The summed E-state index contributed by atoms with van der Waals surface area (Å²) in [5.41, 5.74) is -0.554. The van der Waals surface area contributed by atoms with Crippen molar-refractivity contribution in [3.8, 4) is 11.4 Å². The lowest BCUT2D eigenvalue weighted by Gasteiger charge is -2.19. The lowest BCUT2D eigenvalue weighted by molar-refractivity contribution is -0.140. The van der Waals surface area contributed by atoms with Crippen molar-refractivity contribution < 1.29 is 21.6 Å². The van der Waals surface area contributed by atoms with Gasteiger partial charge in [0.25, 0.3) is 0 Å². The van der Waals surface area contributed by atoms with Gasteiger partial charge in [0.1, 0.15) is 5.82 Å². The third-order valence-electron chi connectivity index (χ3n) is 3.77. The van der Waals surface area contributed by atoms with Crippen LogP contribution < -0.4 is 0 Å². The maximum Gasteiger partial charge on any atom is 0.434 e. The molecular weight excluding hydrogens is 355 g/mol. The van der Waals surface area contributed by atoms with Crippen LogP contribution in [0.1, 0.15) is 18.2 Å². The van der Waals surface area contributed by atoms with E-state index in [1.54, 1.807) is 18.2 Å². The van der Waals surface area contributed by atoms with E-state index in [1.807, 2.05) is 0 Å². The lowest BCUT2D eigenvalue weighted by atomic mass is 10.1. The van der Waals surface area contributed by atoms with E-state index < -0.39 is 27.7 Å². The molecule has 3 rings (SSSR count). The molecule has 0 fully saturated rings. The van der Waals surface area contributed by atoms with Gasteiger partial charge in [-0.1, -0.05) is 12.2 Å². The molecule has 2 aromatic heterocycles. The van der Waals surface area contributed by atoms with Crippen molar-refractivity contribution >= 4 is 9.84 Å². The molecule has 0 spiro atoms. The van der Waals surface area contributed by atoms with Crippen LogP contribution in [-0.2, 0) is 16.0 Å². The molecule has 25 heavy (non-hydrogen) atoms. The van der Waals surface area contributed by atoms with E-state index in [2.05, 4.69) is 9.97 Å². The summed E-state index contributed by atoms with van der Waals surface area (Å²) < 4.78 is 63.8. The minimum Gasteiger partial charge on any atom is -0.323 e. The second-order valence-corrected chi connectivity index (χ2v) is 7.65. The van der Waals surface area contributed by atoms with E-state index in [1.165, 1.54) is 29.1 Å². The number of hydrogen-bond acceptors (Lipinski definition) is 4. The highest BCUT2D eigenvalue weighted by atomic mass is 32.2. The van der Waals surface area contributed by atoms with Gasteiger partial charge >= 0.3 is 6.18 Å². The fourth-order valence-corrected chi connectivity index (χ4v) is 3.29. The van der Waals surface area contributed by atoms with E-state index in [0.29, 0.717) is 5.56 Å². The fraction of sp³-hybridized carbons (Fsp3) is 0.250. The Morgan fingerprint density at radius 3 is 2.60 bits per heavy atom. The number of rotatable bonds is 3. The van der Waals surface area contributed by atoms with Crippen LogP contribution in [0.5, 0.6) is 0 Å². The molecule has 0 aromatic carbocycles. The van der Waals surface area contributed by atoms with Crippen molar-refractivity contribution in [1.29, 1.82) is 0 Å². The molecule has 0 saturated heterocycles. The van der Waals surface area contributed by atoms with Gasteiger partial charge in [-0.3, -0.25) is 4.98 Å². The number of sulfone groups is 1. The average Bonchev–Trinajstić information content (AvgIpc) is 3.00. The van der Waals surface area contributed by atoms with Crippen LogP contribution in [0, 0.1) is 0 Å². The van der Waals surface area contributed by atoms with Gasteiger partial charge in [-0.15, -0.1) is 0 Å². The van der Waals surface area contributed by atoms with Crippen LogP contribution in [0.25, 0.3) is 11.4 Å². The van der Waals surface area contributed by atoms with Gasteiger partial charge in [0.2, 0.25) is 0 Å². The van der Waals surface area contributed by atoms with Gasteiger partial charge in [0.15, 0.2) is 15.5 Å². The Bertz CT molecular complexity index is 945. The molecule has 0 radical (unpaired) electrons. The third-order valence-corrected chi connectivity index (χ3v) is 4.93. The van der Waals surface area contributed by atoms with Crippen molar-refractivity contribution in [2.24, 2.45) is 0 Å². The van der Waals surface area contributed by atoms with Crippen molar-refractivity contribution in [3.63, 3.8) is 0 Å². The number of halogens is 3. The van der Waals surface area contributed by atoms with Gasteiger partial charge < -0.3 is 4.57 Å². The zero-order valence-electron chi connectivity index (χ0n) is 13.1. The second kappa shape index (κ2) is 6.14. The summed E-state index contributed by atoms with van der Waals surface area (Å²) in [6.45, 7) is 0. The Morgan fingerprint density at radius 1 is 1.32 bits per heavy atom. The molecule has 9 heteroatoms. The van der Waals surface area contributed by atoms with Crippen LogP contribution in [0.15, 0.2) is 53.9 Å². The molecule has 1 aliphatic carbocycles. The zero-order valence-corrected chi connectivity index (χ0v) is 13.9. The molecule has 1 atom stereocenters. The highest BCUT2D eigenvalue weighted by molar-refractivity contribution is 7.94. The summed E-state index contributed by atoms with van der Waals surface area (Å²) in [5, 5.41) is 0. The lowest BCUT2D eigenvalue weighted by Crippen LogP contribution is -2.11. The van der Waals surface area contributed by atoms with Gasteiger partial charge in [-0.25, -0.2) is 13.4 Å². The van der Waals surface area contributed by atoms with Gasteiger partial charge in [-0.05, 0) is 24.6 Å². The number of pyridine rings is 1. The van der Waals surface area contributed by atoms with E-state index >= 15 is 0 Å². The molecule has 5 nitrogen and oxygen atoms in total. The van der Waals surface area contributed by atoms with E-state index in [-0.39, 0.29) is 17.2 Å². The molecule has 0 bridgehead atoms. The molecule has 0 N–H and O–H groups in total. The van der Waals surface area contributed by atoms with E-state index in [9.17, 15) is 21.6 Å². The summed E-state index contributed by atoms with van der Waals surface area (Å²) in [7, 11) is -3.35. The quantitative estimate of drug-likeness (QED) is 0.832. The van der Waals surface area contributed by atoms with Crippen molar-refractivity contribution in [2.75, 3.05) is 6.26 Å². The third kappa shape index (κ3) is 3.65. The second-order valence-electron chi connectivity index (χ2n) is 5.64. The number of nitrogens with zero attached hydrogens (tertiary/aromatic N) is 3. The predicted octanol–water partition coefficient (Wildman–Crippen LogP) is 3.39. The smallest absolute Gasteiger partial charge is 0.323 e. The Hall–Kier alpha value is -2.42. The summed E-state index contributed by atoms with van der Waals surface area (Å²) in [4.78, 5) is 7.79. The maximum atomic E-state index is 13.1. The Labute approximate surface area is 142 Å². The van der Waals surface area contributed by atoms with Crippen molar-refractivity contribution in [1.82, 2.24) is 14.5 Å². The van der Waals surface area contributed by atoms with E-state index in [0.717, 1.165) is 12.5 Å².